The van der Waals surface area contributed by atoms with Crippen molar-refractivity contribution in [3.05, 3.63) is 28.2 Å². The predicted octanol–water partition coefficient (Wildman–Crippen LogP) is 2.98. The number of unbranched alkanes of at least 4 members (excludes halogenated alkanes) is 2. The van der Waals surface area contributed by atoms with Crippen molar-refractivity contribution >= 4 is 15.9 Å². The Bertz CT molecular complexity index is 374. The van der Waals surface area contributed by atoms with Gasteiger partial charge in [0.15, 0.2) is 0 Å². The Labute approximate surface area is 104 Å². The molecule has 0 aliphatic carbocycles. The molecule has 0 spiro atoms. The molecule has 0 saturated heterocycles. The van der Waals surface area contributed by atoms with Crippen LogP contribution in [0.1, 0.15) is 24.8 Å². The van der Waals surface area contributed by atoms with Gasteiger partial charge in [0.25, 0.3) is 0 Å². The first-order valence-electron chi connectivity index (χ1n) is 5.26. The number of ether oxygens (including phenoxy) is 1. The maximum absolute atomic E-state index is 8.37. The Kier molecular flexibility index (Phi) is 5.91. The Morgan fingerprint density at radius 3 is 2.81 bits per heavy atom. The monoisotopic (exact) mass is 282 g/mol. The number of halogens is 1. The van der Waals surface area contributed by atoms with Crippen molar-refractivity contribution in [2.75, 3.05) is 6.61 Å². The summed E-state index contributed by atoms with van der Waals surface area (Å²) in [6, 6.07) is 7.94. The number of benzene rings is 1. The summed E-state index contributed by atoms with van der Waals surface area (Å²) >= 11 is 3.44. The van der Waals surface area contributed by atoms with Gasteiger partial charge in [0.1, 0.15) is 5.75 Å². The number of hydrogen-bond acceptors (Lipinski definition) is 3. The van der Waals surface area contributed by atoms with E-state index in [1.807, 2.05) is 18.2 Å². The highest BCUT2D eigenvalue weighted by molar-refractivity contribution is 9.10. The van der Waals surface area contributed by atoms with Crippen LogP contribution in [0.2, 0.25) is 0 Å². The molecule has 0 heterocycles. The van der Waals surface area contributed by atoms with E-state index in [-0.39, 0.29) is 0 Å². The zero-order chi connectivity index (χ0) is 11.8. The molecule has 4 heteroatoms. The first-order valence-corrected chi connectivity index (χ1v) is 6.05. The van der Waals surface area contributed by atoms with Crippen molar-refractivity contribution in [2.45, 2.75) is 25.8 Å². The van der Waals surface area contributed by atoms with Gasteiger partial charge < -0.3 is 10.5 Å². The van der Waals surface area contributed by atoms with Gasteiger partial charge in [-0.05, 0) is 46.5 Å². The third-order valence-corrected chi connectivity index (χ3v) is 2.79. The molecule has 0 unspecified atom stereocenters. The van der Waals surface area contributed by atoms with Gasteiger partial charge in [-0.2, -0.15) is 5.26 Å². The van der Waals surface area contributed by atoms with Crippen molar-refractivity contribution in [1.29, 1.82) is 5.26 Å². The smallest absolute Gasteiger partial charge is 0.133 e. The SMILES string of the molecule is N#CCCCCOc1ccc(CN)cc1Br. The van der Waals surface area contributed by atoms with Gasteiger partial charge in [0.2, 0.25) is 0 Å². The summed E-state index contributed by atoms with van der Waals surface area (Å²) in [6.45, 7) is 1.17. The van der Waals surface area contributed by atoms with E-state index in [0.29, 0.717) is 19.6 Å². The van der Waals surface area contributed by atoms with Gasteiger partial charge in [0, 0.05) is 13.0 Å². The summed E-state index contributed by atoms with van der Waals surface area (Å²) < 4.78 is 6.51. The minimum atomic E-state index is 0.529. The van der Waals surface area contributed by atoms with Crippen LogP contribution in [-0.2, 0) is 6.54 Å². The largest absolute Gasteiger partial charge is 0.492 e. The fourth-order valence-corrected chi connectivity index (χ4v) is 1.82. The summed E-state index contributed by atoms with van der Waals surface area (Å²) in [7, 11) is 0. The van der Waals surface area contributed by atoms with Gasteiger partial charge in [-0.15, -0.1) is 0 Å². The van der Waals surface area contributed by atoms with Crippen LogP contribution in [0.3, 0.4) is 0 Å². The number of nitrogens with two attached hydrogens (primary N) is 1. The Morgan fingerprint density at radius 1 is 1.38 bits per heavy atom. The lowest BCUT2D eigenvalue weighted by Crippen LogP contribution is -2.00. The third-order valence-electron chi connectivity index (χ3n) is 2.17. The number of rotatable bonds is 6. The number of nitriles is 1. The highest BCUT2D eigenvalue weighted by Crippen LogP contribution is 2.26. The van der Waals surface area contributed by atoms with Crippen LogP contribution in [0, 0.1) is 11.3 Å². The van der Waals surface area contributed by atoms with Crippen molar-refractivity contribution in [3.63, 3.8) is 0 Å². The van der Waals surface area contributed by atoms with E-state index in [9.17, 15) is 0 Å². The van der Waals surface area contributed by atoms with Crippen molar-refractivity contribution in [1.82, 2.24) is 0 Å². The van der Waals surface area contributed by atoms with Crippen LogP contribution in [-0.4, -0.2) is 6.61 Å². The minimum absolute atomic E-state index is 0.529. The van der Waals surface area contributed by atoms with Gasteiger partial charge in [-0.25, -0.2) is 0 Å². The molecular formula is C12H15BrN2O. The van der Waals surface area contributed by atoms with Crippen LogP contribution in [0.5, 0.6) is 5.75 Å². The molecule has 0 aromatic heterocycles. The summed E-state index contributed by atoms with van der Waals surface area (Å²) in [5.74, 6) is 0.828. The average Bonchev–Trinajstić information content (AvgIpc) is 2.30. The standard InChI is InChI=1S/C12H15BrN2O/c13-11-8-10(9-15)4-5-12(11)16-7-3-1-2-6-14/h4-5,8H,1-3,7,9,15H2. The Morgan fingerprint density at radius 2 is 2.19 bits per heavy atom. The molecule has 0 aliphatic heterocycles. The van der Waals surface area contributed by atoms with Gasteiger partial charge in [-0.1, -0.05) is 6.07 Å². The minimum Gasteiger partial charge on any atom is -0.492 e. The molecule has 1 aromatic carbocycles. The quantitative estimate of drug-likeness (QED) is 0.816. The highest BCUT2D eigenvalue weighted by Gasteiger charge is 2.01. The summed E-state index contributed by atoms with van der Waals surface area (Å²) in [5.41, 5.74) is 6.60. The zero-order valence-corrected chi connectivity index (χ0v) is 10.7. The molecule has 2 N–H and O–H groups in total. The molecule has 1 aromatic rings. The van der Waals surface area contributed by atoms with Crippen LogP contribution in [0.15, 0.2) is 22.7 Å². The van der Waals surface area contributed by atoms with Crippen molar-refractivity contribution in [2.24, 2.45) is 5.73 Å². The van der Waals surface area contributed by atoms with E-state index >= 15 is 0 Å². The van der Waals surface area contributed by atoms with Crippen LogP contribution < -0.4 is 10.5 Å². The van der Waals surface area contributed by atoms with E-state index < -0.39 is 0 Å². The van der Waals surface area contributed by atoms with E-state index in [4.69, 9.17) is 15.7 Å². The molecule has 0 aliphatic rings. The molecule has 0 atom stereocenters. The molecule has 3 nitrogen and oxygen atoms in total. The van der Waals surface area contributed by atoms with E-state index in [2.05, 4.69) is 22.0 Å². The van der Waals surface area contributed by atoms with Gasteiger partial charge >= 0.3 is 0 Å². The Balaban J connectivity index is 2.40. The summed E-state index contributed by atoms with van der Waals surface area (Å²) in [6.07, 6.45) is 2.38. The number of nitrogens with zero attached hydrogens (tertiary/aromatic N) is 1. The van der Waals surface area contributed by atoms with Crippen molar-refractivity contribution in [3.8, 4) is 11.8 Å². The van der Waals surface area contributed by atoms with E-state index in [0.717, 1.165) is 28.6 Å². The first kappa shape index (κ1) is 13.0. The maximum Gasteiger partial charge on any atom is 0.133 e. The lowest BCUT2D eigenvalue weighted by atomic mass is 10.2. The van der Waals surface area contributed by atoms with Crippen molar-refractivity contribution < 1.29 is 4.74 Å². The summed E-state index contributed by atoms with van der Waals surface area (Å²) in [5, 5.41) is 8.37. The van der Waals surface area contributed by atoms with Gasteiger partial charge in [0.05, 0.1) is 17.1 Å². The third kappa shape index (κ3) is 4.21. The van der Waals surface area contributed by atoms with E-state index in [1.54, 1.807) is 0 Å². The summed E-state index contributed by atoms with van der Waals surface area (Å²) in [4.78, 5) is 0. The highest BCUT2D eigenvalue weighted by atomic mass is 79.9. The van der Waals surface area contributed by atoms with Gasteiger partial charge in [-0.3, -0.25) is 0 Å². The molecule has 0 radical (unpaired) electrons. The fraction of sp³-hybridized carbons (Fsp3) is 0.417. The van der Waals surface area contributed by atoms with Crippen LogP contribution in [0.25, 0.3) is 0 Å². The normalized spacial score (nSPS) is 9.81. The molecule has 0 bridgehead atoms. The lowest BCUT2D eigenvalue weighted by molar-refractivity contribution is 0.305. The zero-order valence-electron chi connectivity index (χ0n) is 9.08. The van der Waals surface area contributed by atoms with Crippen LogP contribution >= 0.6 is 15.9 Å². The van der Waals surface area contributed by atoms with E-state index in [1.165, 1.54) is 0 Å². The van der Waals surface area contributed by atoms with Crippen LogP contribution in [0.4, 0.5) is 0 Å². The predicted molar refractivity (Wildman–Crippen MR) is 67.0 cm³/mol. The average molecular weight is 283 g/mol. The Hall–Kier alpha value is -1.05. The second-order valence-corrected chi connectivity index (χ2v) is 4.29. The second kappa shape index (κ2) is 7.26. The maximum atomic E-state index is 8.37. The fourth-order valence-electron chi connectivity index (χ4n) is 1.28. The molecule has 86 valence electrons. The lowest BCUT2D eigenvalue weighted by Gasteiger charge is -2.08. The second-order valence-electron chi connectivity index (χ2n) is 3.43. The topological polar surface area (TPSA) is 59.0 Å². The molecule has 1 rings (SSSR count). The number of hydrogen-bond donors (Lipinski definition) is 1. The first-order chi connectivity index (χ1) is 7.77. The molecule has 0 saturated carbocycles. The molecule has 0 fully saturated rings. The molecule has 0 amide bonds. The molecule has 16 heavy (non-hydrogen) atoms. The molecular weight excluding hydrogens is 268 g/mol.